The minimum atomic E-state index is 0.669. The van der Waals surface area contributed by atoms with Crippen molar-refractivity contribution in [3.8, 4) is 5.75 Å². The summed E-state index contributed by atoms with van der Waals surface area (Å²) in [6.45, 7) is 6.99. The Kier molecular flexibility index (Phi) is 7.55. The van der Waals surface area contributed by atoms with E-state index in [-0.39, 0.29) is 0 Å². The summed E-state index contributed by atoms with van der Waals surface area (Å²) in [5.74, 6) is 1.58. The van der Waals surface area contributed by atoms with E-state index in [4.69, 9.17) is 17.0 Å². The second kappa shape index (κ2) is 8.93. The maximum absolute atomic E-state index is 5.69. The quantitative estimate of drug-likeness (QED) is 0.745. The van der Waals surface area contributed by atoms with Crippen molar-refractivity contribution >= 4 is 17.2 Å². The smallest absolute Gasteiger partial charge is 0.119 e. The van der Waals surface area contributed by atoms with Crippen LogP contribution in [0, 0.1) is 5.92 Å². The predicted molar refractivity (Wildman–Crippen MR) is 89.6 cm³/mol. The Morgan fingerprint density at radius 3 is 2.45 bits per heavy atom. The molecule has 112 valence electrons. The monoisotopic (exact) mass is 294 g/mol. The van der Waals surface area contributed by atoms with Crippen molar-refractivity contribution in [3.63, 3.8) is 0 Å². The first kappa shape index (κ1) is 16.9. The molecule has 0 aliphatic rings. The lowest BCUT2D eigenvalue weighted by molar-refractivity contribution is 0.289. The first-order valence-electron chi connectivity index (χ1n) is 7.15. The zero-order chi connectivity index (χ0) is 15.0. The second-order valence-corrected chi connectivity index (χ2v) is 6.02. The topological polar surface area (TPSA) is 24.5 Å². The fourth-order valence-electron chi connectivity index (χ4n) is 1.61. The summed E-state index contributed by atoms with van der Waals surface area (Å²) in [5, 5.41) is 3.26. The number of likely N-dealkylation sites (N-methyl/N-ethyl adjacent to an activating group) is 1. The number of nitrogens with zero attached hydrogens (tertiary/aromatic N) is 1. The molecule has 3 nitrogen and oxygen atoms in total. The molecule has 0 saturated carbocycles. The Labute approximate surface area is 128 Å². The van der Waals surface area contributed by atoms with Gasteiger partial charge in [0.2, 0.25) is 0 Å². The summed E-state index contributed by atoms with van der Waals surface area (Å²) >= 11 is 5.37. The van der Waals surface area contributed by atoms with E-state index in [9.17, 15) is 0 Å². The lowest BCUT2D eigenvalue weighted by Crippen LogP contribution is -2.30. The molecule has 0 aromatic heterocycles. The molecule has 4 heteroatoms. The molecule has 0 saturated heterocycles. The third kappa shape index (κ3) is 6.87. The van der Waals surface area contributed by atoms with Crippen LogP contribution >= 0.6 is 12.2 Å². The summed E-state index contributed by atoms with van der Waals surface area (Å²) in [7, 11) is 4.10. The van der Waals surface area contributed by atoms with Crippen molar-refractivity contribution in [2.24, 2.45) is 5.92 Å². The molecular weight excluding hydrogens is 268 g/mol. The van der Waals surface area contributed by atoms with Gasteiger partial charge in [-0.3, -0.25) is 0 Å². The number of ether oxygens (including phenoxy) is 1. The molecule has 0 atom stereocenters. The lowest BCUT2D eigenvalue weighted by Gasteiger charge is -2.13. The van der Waals surface area contributed by atoms with Gasteiger partial charge >= 0.3 is 0 Å². The lowest BCUT2D eigenvalue weighted by atomic mass is 10.1. The van der Waals surface area contributed by atoms with Gasteiger partial charge in [0.1, 0.15) is 10.7 Å². The van der Waals surface area contributed by atoms with Crippen LogP contribution in [0.25, 0.3) is 0 Å². The standard InChI is InChI=1S/C16H26N2OS/c1-13(2)9-12-19-15-7-5-14(6-8-15)16(20)17-10-11-18(3)4/h5-8,13H,9-12H2,1-4H3,(H,17,20). The maximum atomic E-state index is 5.69. The van der Waals surface area contributed by atoms with E-state index < -0.39 is 0 Å². The zero-order valence-corrected chi connectivity index (χ0v) is 13.8. The Balaban J connectivity index is 2.39. The van der Waals surface area contributed by atoms with Crippen molar-refractivity contribution < 1.29 is 4.74 Å². The molecule has 0 amide bonds. The van der Waals surface area contributed by atoms with E-state index in [0.29, 0.717) is 5.92 Å². The molecule has 1 aromatic carbocycles. The summed E-state index contributed by atoms with van der Waals surface area (Å²) < 4.78 is 5.69. The number of hydrogen-bond acceptors (Lipinski definition) is 3. The highest BCUT2D eigenvalue weighted by Crippen LogP contribution is 2.13. The first-order valence-corrected chi connectivity index (χ1v) is 7.55. The third-order valence-electron chi connectivity index (χ3n) is 2.93. The van der Waals surface area contributed by atoms with Crippen LogP contribution in [-0.2, 0) is 0 Å². The molecule has 0 radical (unpaired) electrons. The highest BCUT2D eigenvalue weighted by Gasteiger charge is 2.02. The zero-order valence-electron chi connectivity index (χ0n) is 13.0. The average Bonchev–Trinajstić information content (AvgIpc) is 2.38. The average molecular weight is 294 g/mol. The first-order chi connectivity index (χ1) is 9.49. The van der Waals surface area contributed by atoms with Crippen LogP contribution in [0.1, 0.15) is 25.8 Å². The van der Waals surface area contributed by atoms with Gasteiger partial charge in [-0.25, -0.2) is 0 Å². The molecule has 1 rings (SSSR count). The number of nitrogens with one attached hydrogen (secondary N) is 1. The van der Waals surface area contributed by atoms with Crippen molar-refractivity contribution in [2.75, 3.05) is 33.8 Å². The SMILES string of the molecule is CC(C)CCOc1ccc(C(=S)NCCN(C)C)cc1. The molecule has 0 unspecified atom stereocenters. The number of benzene rings is 1. The van der Waals surface area contributed by atoms with E-state index in [0.717, 1.165) is 42.4 Å². The Morgan fingerprint density at radius 1 is 1.25 bits per heavy atom. The van der Waals surface area contributed by atoms with Crippen LogP contribution in [0.15, 0.2) is 24.3 Å². The minimum Gasteiger partial charge on any atom is -0.494 e. The van der Waals surface area contributed by atoms with Crippen molar-refractivity contribution in [1.29, 1.82) is 0 Å². The van der Waals surface area contributed by atoms with E-state index in [1.54, 1.807) is 0 Å². The largest absolute Gasteiger partial charge is 0.494 e. The summed E-state index contributed by atoms with van der Waals surface area (Å²) in [4.78, 5) is 2.92. The van der Waals surface area contributed by atoms with Crippen LogP contribution in [0.5, 0.6) is 5.75 Å². The minimum absolute atomic E-state index is 0.669. The van der Waals surface area contributed by atoms with Crippen LogP contribution in [0.3, 0.4) is 0 Å². The molecule has 20 heavy (non-hydrogen) atoms. The molecular formula is C16H26N2OS. The van der Waals surface area contributed by atoms with E-state index in [1.807, 2.05) is 38.4 Å². The van der Waals surface area contributed by atoms with E-state index >= 15 is 0 Å². The van der Waals surface area contributed by atoms with Gasteiger partial charge in [-0.05, 0) is 50.7 Å². The Morgan fingerprint density at radius 2 is 1.90 bits per heavy atom. The predicted octanol–water partition coefficient (Wildman–Crippen LogP) is 2.94. The molecule has 1 N–H and O–H groups in total. The fraction of sp³-hybridized carbons (Fsp3) is 0.562. The van der Waals surface area contributed by atoms with Crippen LogP contribution in [0.2, 0.25) is 0 Å². The summed E-state index contributed by atoms with van der Waals surface area (Å²) in [5.41, 5.74) is 1.04. The van der Waals surface area contributed by atoms with Crippen molar-refractivity contribution in [2.45, 2.75) is 20.3 Å². The fourth-order valence-corrected chi connectivity index (χ4v) is 1.85. The van der Waals surface area contributed by atoms with Gasteiger partial charge in [0.05, 0.1) is 6.61 Å². The maximum Gasteiger partial charge on any atom is 0.119 e. The van der Waals surface area contributed by atoms with E-state index in [1.165, 1.54) is 0 Å². The van der Waals surface area contributed by atoms with Crippen molar-refractivity contribution in [1.82, 2.24) is 10.2 Å². The number of rotatable bonds is 8. The van der Waals surface area contributed by atoms with Gasteiger partial charge in [0, 0.05) is 18.7 Å². The highest BCUT2D eigenvalue weighted by atomic mass is 32.1. The van der Waals surface area contributed by atoms with Gasteiger partial charge in [0.25, 0.3) is 0 Å². The molecule has 0 fully saturated rings. The molecule has 0 heterocycles. The molecule has 0 spiro atoms. The van der Waals surface area contributed by atoms with Crippen LogP contribution in [0.4, 0.5) is 0 Å². The van der Waals surface area contributed by atoms with Gasteiger partial charge in [0.15, 0.2) is 0 Å². The van der Waals surface area contributed by atoms with Gasteiger partial charge in [-0.15, -0.1) is 0 Å². The normalized spacial score (nSPS) is 10.9. The number of hydrogen-bond donors (Lipinski definition) is 1. The van der Waals surface area contributed by atoms with E-state index in [2.05, 4.69) is 24.1 Å². The summed E-state index contributed by atoms with van der Waals surface area (Å²) in [6.07, 6.45) is 1.08. The third-order valence-corrected chi connectivity index (χ3v) is 3.31. The summed E-state index contributed by atoms with van der Waals surface area (Å²) in [6, 6.07) is 7.98. The molecule has 0 aliphatic heterocycles. The van der Waals surface area contributed by atoms with Crippen LogP contribution in [-0.4, -0.2) is 43.7 Å². The molecule has 0 aliphatic carbocycles. The Hall–Kier alpha value is -1.13. The van der Waals surface area contributed by atoms with Gasteiger partial charge in [-0.2, -0.15) is 0 Å². The molecule has 1 aromatic rings. The van der Waals surface area contributed by atoms with Gasteiger partial charge < -0.3 is 15.0 Å². The highest BCUT2D eigenvalue weighted by molar-refractivity contribution is 7.80. The van der Waals surface area contributed by atoms with Gasteiger partial charge in [-0.1, -0.05) is 26.1 Å². The molecule has 0 bridgehead atoms. The Bertz CT molecular complexity index is 401. The second-order valence-electron chi connectivity index (χ2n) is 5.61. The van der Waals surface area contributed by atoms with Crippen LogP contribution < -0.4 is 10.1 Å². The number of thiocarbonyl (C=S) groups is 1. The van der Waals surface area contributed by atoms with Crippen molar-refractivity contribution in [3.05, 3.63) is 29.8 Å².